The third-order valence-corrected chi connectivity index (χ3v) is 4.20. The molecule has 0 spiro atoms. The molecule has 0 heterocycles. The first kappa shape index (κ1) is 15.8. The van der Waals surface area contributed by atoms with Gasteiger partial charge in [0, 0.05) is 19.3 Å². The van der Waals surface area contributed by atoms with E-state index in [2.05, 4.69) is 24.1 Å². The van der Waals surface area contributed by atoms with Gasteiger partial charge in [-0.25, -0.2) is 8.42 Å². The molecule has 6 heteroatoms. The van der Waals surface area contributed by atoms with E-state index in [0.717, 1.165) is 31.9 Å². The van der Waals surface area contributed by atoms with Gasteiger partial charge in [0.2, 0.25) is 0 Å². The van der Waals surface area contributed by atoms with Crippen molar-refractivity contribution in [3.63, 3.8) is 0 Å². The average Bonchev–Trinajstić information content (AvgIpc) is 2.35. The van der Waals surface area contributed by atoms with E-state index in [-0.39, 0.29) is 4.90 Å². The van der Waals surface area contributed by atoms with E-state index in [0.29, 0.717) is 5.69 Å². The number of nitrogens with one attached hydrogen (secondary N) is 1. The highest BCUT2D eigenvalue weighted by atomic mass is 32.2. The third-order valence-electron chi connectivity index (χ3n) is 3.09. The topological polar surface area (TPSA) is 75.4 Å². The number of benzene rings is 1. The zero-order valence-electron chi connectivity index (χ0n) is 11.8. The van der Waals surface area contributed by atoms with E-state index in [1.165, 1.54) is 12.3 Å². The Morgan fingerprint density at radius 1 is 1.26 bits per heavy atom. The molecule has 0 aliphatic heterocycles. The van der Waals surface area contributed by atoms with Crippen LogP contribution in [-0.4, -0.2) is 45.8 Å². The minimum atomic E-state index is -3.20. The van der Waals surface area contributed by atoms with Gasteiger partial charge in [-0.05, 0) is 31.3 Å². The number of nitrogen functional groups attached to an aromatic ring is 1. The first-order valence-corrected chi connectivity index (χ1v) is 8.33. The number of nitrogens with zero attached hydrogens (tertiary/aromatic N) is 1. The lowest BCUT2D eigenvalue weighted by atomic mass is 10.2. The van der Waals surface area contributed by atoms with E-state index >= 15 is 0 Å². The van der Waals surface area contributed by atoms with Gasteiger partial charge in [-0.15, -0.1) is 0 Å². The van der Waals surface area contributed by atoms with Gasteiger partial charge in [-0.3, -0.25) is 0 Å². The maximum atomic E-state index is 11.4. The monoisotopic (exact) mass is 285 g/mol. The molecule has 0 radical (unpaired) electrons. The molecule has 0 unspecified atom stereocenters. The highest BCUT2D eigenvalue weighted by molar-refractivity contribution is 7.90. The fourth-order valence-electron chi connectivity index (χ4n) is 1.82. The predicted molar refractivity (Wildman–Crippen MR) is 80.2 cm³/mol. The van der Waals surface area contributed by atoms with Crippen molar-refractivity contribution in [1.82, 2.24) is 4.90 Å². The molecule has 0 saturated carbocycles. The number of anilines is 2. The van der Waals surface area contributed by atoms with Crippen molar-refractivity contribution in [2.45, 2.75) is 18.7 Å². The summed E-state index contributed by atoms with van der Waals surface area (Å²) >= 11 is 0. The Kier molecular flexibility index (Phi) is 5.62. The normalized spacial score (nSPS) is 11.8. The quantitative estimate of drug-likeness (QED) is 0.741. The molecule has 0 saturated heterocycles. The summed E-state index contributed by atoms with van der Waals surface area (Å²) in [6.45, 7) is 7.99. The van der Waals surface area contributed by atoms with Crippen LogP contribution < -0.4 is 11.1 Å². The number of likely N-dealkylation sites (N-methyl/N-ethyl adjacent to an activating group) is 1. The Morgan fingerprint density at radius 3 is 2.37 bits per heavy atom. The van der Waals surface area contributed by atoms with Crippen molar-refractivity contribution in [3.05, 3.63) is 18.2 Å². The predicted octanol–water partition coefficient (Wildman–Crippen LogP) is 1.43. The van der Waals surface area contributed by atoms with Gasteiger partial charge < -0.3 is 16.0 Å². The van der Waals surface area contributed by atoms with E-state index in [1.54, 1.807) is 12.1 Å². The SMILES string of the molecule is CCN(CC)CCNc1ccc(S(C)(=O)=O)cc1N. The van der Waals surface area contributed by atoms with Gasteiger partial charge in [-0.1, -0.05) is 13.8 Å². The molecular weight excluding hydrogens is 262 g/mol. The lowest BCUT2D eigenvalue weighted by molar-refractivity contribution is 0.316. The first-order valence-electron chi connectivity index (χ1n) is 6.44. The lowest BCUT2D eigenvalue weighted by Crippen LogP contribution is -2.28. The van der Waals surface area contributed by atoms with Gasteiger partial charge in [0.1, 0.15) is 0 Å². The Balaban J connectivity index is 2.66. The molecule has 108 valence electrons. The second-order valence-electron chi connectivity index (χ2n) is 4.47. The Labute approximate surface area is 115 Å². The van der Waals surface area contributed by atoms with E-state index in [1.807, 2.05) is 0 Å². The van der Waals surface area contributed by atoms with Crippen LogP contribution in [0, 0.1) is 0 Å². The van der Waals surface area contributed by atoms with Gasteiger partial charge in [0.15, 0.2) is 9.84 Å². The number of sulfone groups is 1. The van der Waals surface area contributed by atoms with Crippen LogP contribution in [0.1, 0.15) is 13.8 Å². The molecule has 0 aliphatic carbocycles. The van der Waals surface area contributed by atoms with Crippen molar-refractivity contribution >= 4 is 21.2 Å². The summed E-state index contributed by atoms with van der Waals surface area (Å²) in [5.41, 5.74) is 7.10. The molecule has 3 N–H and O–H groups in total. The Morgan fingerprint density at radius 2 is 1.89 bits per heavy atom. The zero-order chi connectivity index (χ0) is 14.5. The van der Waals surface area contributed by atoms with Crippen LogP contribution in [0.4, 0.5) is 11.4 Å². The van der Waals surface area contributed by atoms with Crippen LogP contribution >= 0.6 is 0 Å². The van der Waals surface area contributed by atoms with Gasteiger partial charge in [-0.2, -0.15) is 0 Å². The van der Waals surface area contributed by atoms with Gasteiger partial charge >= 0.3 is 0 Å². The molecule has 5 nitrogen and oxygen atoms in total. The highest BCUT2D eigenvalue weighted by Gasteiger charge is 2.09. The summed E-state index contributed by atoms with van der Waals surface area (Å²) < 4.78 is 22.8. The number of hydrogen-bond donors (Lipinski definition) is 2. The lowest BCUT2D eigenvalue weighted by Gasteiger charge is -2.19. The fourth-order valence-corrected chi connectivity index (χ4v) is 2.48. The molecule has 0 atom stereocenters. The minimum Gasteiger partial charge on any atom is -0.397 e. The van der Waals surface area contributed by atoms with Crippen LogP contribution in [-0.2, 0) is 9.84 Å². The van der Waals surface area contributed by atoms with Crippen LogP contribution in [0.25, 0.3) is 0 Å². The maximum absolute atomic E-state index is 11.4. The molecule has 0 aromatic heterocycles. The number of rotatable bonds is 7. The largest absolute Gasteiger partial charge is 0.397 e. The second kappa shape index (κ2) is 6.77. The minimum absolute atomic E-state index is 0.249. The van der Waals surface area contributed by atoms with Crippen LogP contribution in [0.3, 0.4) is 0 Å². The molecule has 1 aromatic carbocycles. The molecule has 1 rings (SSSR count). The molecule has 0 aliphatic rings. The molecule has 19 heavy (non-hydrogen) atoms. The number of nitrogens with two attached hydrogens (primary N) is 1. The van der Waals surface area contributed by atoms with Crippen molar-refractivity contribution in [2.75, 3.05) is 43.5 Å². The Hall–Kier alpha value is -1.27. The van der Waals surface area contributed by atoms with Crippen molar-refractivity contribution in [3.8, 4) is 0 Å². The first-order chi connectivity index (χ1) is 8.88. The summed E-state index contributed by atoms with van der Waals surface area (Å²) in [6, 6.07) is 4.79. The second-order valence-corrected chi connectivity index (χ2v) is 6.49. The maximum Gasteiger partial charge on any atom is 0.175 e. The van der Waals surface area contributed by atoms with Crippen LogP contribution in [0.5, 0.6) is 0 Å². The van der Waals surface area contributed by atoms with Crippen molar-refractivity contribution < 1.29 is 8.42 Å². The fraction of sp³-hybridized carbons (Fsp3) is 0.538. The highest BCUT2D eigenvalue weighted by Crippen LogP contribution is 2.22. The molecule has 0 bridgehead atoms. The summed E-state index contributed by atoms with van der Waals surface area (Å²) in [7, 11) is -3.20. The third kappa shape index (κ3) is 4.72. The summed E-state index contributed by atoms with van der Waals surface area (Å²) in [5, 5.41) is 3.23. The average molecular weight is 285 g/mol. The van der Waals surface area contributed by atoms with Crippen molar-refractivity contribution in [1.29, 1.82) is 0 Å². The van der Waals surface area contributed by atoms with E-state index in [9.17, 15) is 8.42 Å². The molecular formula is C13H23N3O2S. The standard InChI is InChI=1S/C13H23N3O2S/c1-4-16(5-2)9-8-15-13-7-6-11(10-12(13)14)19(3,17)18/h6-7,10,15H,4-5,8-9,14H2,1-3H3. The number of hydrogen-bond acceptors (Lipinski definition) is 5. The summed E-state index contributed by atoms with van der Waals surface area (Å²) in [6.07, 6.45) is 1.18. The smallest absolute Gasteiger partial charge is 0.175 e. The van der Waals surface area contributed by atoms with Crippen LogP contribution in [0.15, 0.2) is 23.1 Å². The van der Waals surface area contributed by atoms with E-state index in [4.69, 9.17) is 5.73 Å². The zero-order valence-corrected chi connectivity index (χ0v) is 12.6. The van der Waals surface area contributed by atoms with Gasteiger partial charge in [0.05, 0.1) is 16.3 Å². The molecule has 0 fully saturated rings. The van der Waals surface area contributed by atoms with Crippen LogP contribution in [0.2, 0.25) is 0 Å². The molecule has 1 aromatic rings. The van der Waals surface area contributed by atoms with Gasteiger partial charge in [0.25, 0.3) is 0 Å². The summed E-state index contributed by atoms with van der Waals surface area (Å²) in [5.74, 6) is 0. The Bertz CT molecular complexity index is 511. The molecule has 0 amide bonds. The summed E-state index contributed by atoms with van der Waals surface area (Å²) in [4.78, 5) is 2.55. The van der Waals surface area contributed by atoms with E-state index < -0.39 is 9.84 Å². The van der Waals surface area contributed by atoms with Crippen molar-refractivity contribution in [2.24, 2.45) is 0 Å².